The molecule has 0 heterocycles. The summed E-state index contributed by atoms with van der Waals surface area (Å²) in [5.41, 5.74) is 6.08. The smallest absolute Gasteiger partial charge is 0.491 e. The molecule has 11 heteroatoms. The molecule has 2 aromatic rings. The van der Waals surface area contributed by atoms with Crippen molar-refractivity contribution in [2.45, 2.75) is 6.18 Å². The predicted molar refractivity (Wildman–Crippen MR) is 108 cm³/mol. The Bertz CT molecular complexity index is 977. The zero-order valence-electron chi connectivity index (χ0n) is 16.7. The SMILES string of the molecule is CN(C)c1ccc(C(=O)NCCOc2cccc(C(=N)N)c2)c(OC(=O)C(F)(F)F)c1. The van der Waals surface area contributed by atoms with Gasteiger partial charge >= 0.3 is 12.1 Å². The third-order valence-corrected chi connectivity index (χ3v) is 3.96. The van der Waals surface area contributed by atoms with Gasteiger partial charge in [0.15, 0.2) is 0 Å². The number of alkyl halides is 3. The van der Waals surface area contributed by atoms with E-state index < -0.39 is 23.8 Å². The number of nitrogen functional groups attached to an aromatic ring is 1. The van der Waals surface area contributed by atoms with Crippen molar-refractivity contribution in [3.05, 3.63) is 53.6 Å². The second kappa shape index (κ2) is 9.83. The van der Waals surface area contributed by atoms with Gasteiger partial charge in [-0.25, -0.2) is 4.79 Å². The number of nitrogens with one attached hydrogen (secondary N) is 2. The van der Waals surface area contributed by atoms with Crippen LogP contribution in [0.25, 0.3) is 0 Å². The van der Waals surface area contributed by atoms with Gasteiger partial charge in [0.05, 0.1) is 12.1 Å². The topological polar surface area (TPSA) is 118 Å². The number of hydrogen-bond acceptors (Lipinski definition) is 6. The fourth-order valence-corrected chi connectivity index (χ4v) is 2.40. The van der Waals surface area contributed by atoms with Crippen molar-refractivity contribution in [2.24, 2.45) is 5.73 Å². The van der Waals surface area contributed by atoms with E-state index in [9.17, 15) is 22.8 Å². The molecule has 0 aliphatic rings. The van der Waals surface area contributed by atoms with E-state index in [0.717, 1.165) is 0 Å². The summed E-state index contributed by atoms with van der Waals surface area (Å²) in [4.78, 5) is 25.3. The number of esters is 1. The van der Waals surface area contributed by atoms with Crippen molar-refractivity contribution < 1.29 is 32.2 Å². The highest BCUT2D eigenvalue weighted by atomic mass is 19.4. The van der Waals surface area contributed by atoms with E-state index in [0.29, 0.717) is 17.0 Å². The number of hydrogen-bond donors (Lipinski definition) is 3. The quantitative estimate of drug-likeness (QED) is 0.191. The van der Waals surface area contributed by atoms with Gasteiger partial charge in [0.2, 0.25) is 0 Å². The largest absolute Gasteiger partial charge is 0.492 e. The molecule has 0 fully saturated rings. The van der Waals surface area contributed by atoms with Crippen LogP contribution in [0.15, 0.2) is 42.5 Å². The first-order chi connectivity index (χ1) is 14.5. The van der Waals surface area contributed by atoms with Crippen LogP contribution in [-0.2, 0) is 4.79 Å². The molecular formula is C20H21F3N4O4. The molecule has 0 saturated heterocycles. The predicted octanol–water partition coefficient (Wildman–Crippen LogP) is 2.31. The summed E-state index contributed by atoms with van der Waals surface area (Å²) in [6.07, 6.45) is -5.20. The highest BCUT2D eigenvalue weighted by Crippen LogP contribution is 2.27. The number of nitrogens with two attached hydrogens (primary N) is 1. The molecule has 1 amide bonds. The van der Waals surface area contributed by atoms with Crippen LogP contribution >= 0.6 is 0 Å². The van der Waals surface area contributed by atoms with Crippen LogP contribution in [0.1, 0.15) is 15.9 Å². The maximum atomic E-state index is 12.6. The Labute approximate surface area is 176 Å². The van der Waals surface area contributed by atoms with Crippen molar-refractivity contribution in [3.8, 4) is 11.5 Å². The molecule has 166 valence electrons. The van der Waals surface area contributed by atoms with Gasteiger partial charge in [-0.3, -0.25) is 10.2 Å². The number of carbonyl (C=O) groups is 2. The lowest BCUT2D eigenvalue weighted by Gasteiger charge is -2.17. The average Bonchev–Trinajstić information content (AvgIpc) is 2.70. The van der Waals surface area contributed by atoms with E-state index in [1.807, 2.05) is 0 Å². The fraction of sp³-hybridized carbons (Fsp3) is 0.250. The summed E-state index contributed by atoms with van der Waals surface area (Å²) in [5, 5.41) is 9.89. The molecule has 0 aliphatic heterocycles. The maximum Gasteiger partial charge on any atom is 0.491 e. The molecule has 0 spiro atoms. The summed E-state index contributed by atoms with van der Waals surface area (Å²) in [6.45, 7) is 0.0613. The highest BCUT2D eigenvalue weighted by Gasteiger charge is 2.42. The highest BCUT2D eigenvalue weighted by molar-refractivity contribution is 5.98. The number of amides is 1. The van der Waals surface area contributed by atoms with Crippen molar-refractivity contribution >= 4 is 23.4 Å². The maximum absolute atomic E-state index is 12.6. The Morgan fingerprint density at radius 1 is 1.16 bits per heavy atom. The standard InChI is InChI=1S/C20H21F3N4O4/c1-27(2)13-6-7-15(16(11-13)31-19(29)20(21,22)23)18(28)26-8-9-30-14-5-3-4-12(10-14)17(24)25/h3-7,10-11H,8-9H2,1-2H3,(H3,24,25)(H,26,28). The summed E-state index contributed by atoms with van der Waals surface area (Å²) < 4.78 is 47.7. The van der Waals surface area contributed by atoms with Crippen LogP contribution in [0.3, 0.4) is 0 Å². The lowest BCUT2D eigenvalue weighted by Crippen LogP contribution is -2.31. The van der Waals surface area contributed by atoms with Crippen LogP contribution in [0.2, 0.25) is 0 Å². The molecule has 0 radical (unpaired) electrons. The van der Waals surface area contributed by atoms with Gasteiger partial charge in [0.25, 0.3) is 5.91 Å². The Balaban J connectivity index is 2.05. The van der Waals surface area contributed by atoms with Gasteiger partial charge in [0, 0.05) is 31.4 Å². The zero-order valence-corrected chi connectivity index (χ0v) is 16.7. The van der Waals surface area contributed by atoms with Crippen LogP contribution in [-0.4, -0.2) is 51.1 Å². The molecule has 8 nitrogen and oxygen atoms in total. The Morgan fingerprint density at radius 2 is 1.87 bits per heavy atom. The molecule has 4 N–H and O–H groups in total. The van der Waals surface area contributed by atoms with Gasteiger partial charge in [-0.1, -0.05) is 12.1 Å². The van der Waals surface area contributed by atoms with Gasteiger partial charge in [-0.05, 0) is 24.3 Å². The van der Waals surface area contributed by atoms with Gasteiger partial charge < -0.3 is 25.4 Å². The van der Waals surface area contributed by atoms with Crippen molar-refractivity contribution in [3.63, 3.8) is 0 Å². The molecule has 0 saturated carbocycles. The molecule has 2 aromatic carbocycles. The molecule has 0 unspecified atom stereocenters. The van der Waals surface area contributed by atoms with Gasteiger partial charge in [0.1, 0.15) is 23.9 Å². The molecule has 2 rings (SSSR count). The van der Waals surface area contributed by atoms with Gasteiger partial charge in [-0.15, -0.1) is 0 Å². The number of carbonyl (C=O) groups excluding carboxylic acids is 2. The Hall–Kier alpha value is -3.76. The minimum absolute atomic E-state index is 0.0191. The van der Waals surface area contributed by atoms with Crippen LogP contribution in [0.4, 0.5) is 18.9 Å². The third kappa shape index (κ3) is 6.63. The first kappa shape index (κ1) is 23.5. The lowest BCUT2D eigenvalue weighted by molar-refractivity contribution is -0.189. The number of amidine groups is 1. The number of rotatable bonds is 8. The summed E-state index contributed by atoms with van der Waals surface area (Å²) in [6, 6.07) is 10.4. The number of ether oxygens (including phenoxy) is 2. The first-order valence-electron chi connectivity index (χ1n) is 8.95. The normalized spacial score (nSPS) is 10.9. The molecule has 0 bridgehead atoms. The van der Waals surface area contributed by atoms with E-state index in [2.05, 4.69) is 10.1 Å². The number of nitrogens with zero attached hydrogens (tertiary/aromatic N) is 1. The van der Waals surface area contributed by atoms with Crippen LogP contribution in [0, 0.1) is 5.41 Å². The average molecular weight is 438 g/mol. The molecule has 31 heavy (non-hydrogen) atoms. The molecular weight excluding hydrogens is 417 g/mol. The van der Waals surface area contributed by atoms with E-state index in [1.165, 1.54) is 18.2 Å². The molecule has 0 aliphatic carbocycles. The second-order valence-corrected chi connectivity index (χ2v) is 6.51. The Morgan fingerprint density at radius 3 is 2.48 bits per heavy atom. The van der Waals surface area contributed by atoms with Crippen molar-refractivity contribution in [1.29, 1.82) is 5.41 Å². The summed E-state index contributed by atoms with van der Waals surface area (Å²) in [5.74, 6) is -3.37. The van der Waals surface area contributed by atoms with E-state index in [1.54, 1.807) is 43.3 Å². The zero-order chi connectivity index (χ0) is 23.2. The number of benzene rings is 2. The van der Waals surface area contributed by atoms with E-state index in [-0.39, 0.29) is 24.6 Å². The van der Waals surface area contributed by atoms with Gasteiger partial charge in [-0.2, -0.15) is 13.2 Å². The minimum atomic E-state index is -5.20. The summed E-state index contributed by atoms with van der Waals surface area (Å²) >= 11 is 0. The lowest BCUT2D eigenvalue weighted by atomic mass is 10.1. The van der Waals surface area contributed by atoms with E-state index in [4.69, 9.17) is 15.9 Å². The van der Waals surface area contributed by atoms with Crippen LogP contribution < -0.4 is 25.4 Å². The molecule has 0 atom stereocenters. The second-order valence-electron chi connectivity index (χ2n) is 6.51. The Kier molecular flexibility index (Phi) is 7.46. The number of anilines is 1. The molecule has 0 aromatic heterocycles. The van der Waals surface area contributed by atoms with Crippen LogP contribution in [0.5, 0.6) is 11.5 Å². The van der Waals surface area contributed by atoms with Crippen molar-refractivity contribution in [1.82, 2.24) is 5.32 Å². The van der Waals surface area contributed by atoms with E-state index >= 15 is 0 Å². The fourth-order valence-electron chi connectivity index (χ4n) is 2.40. The minimum Gasteiger partial charge on any atom is -0.492 e. The first-order valence-corrected chi connectivity index (χ1v) is 8.95. The monoisotopic (exact) mass is 438 g/mol. The summed E-state index contributed by atoms with van der Waals surface area (Å²) in [7, 11) is 3.28. The van der Waals surface area contributed by atoms with Crippen molar-refractivity contribution in [2.75, 3.05) is 32.1 Å². The number of halogens is 3. The third-order valence-electron chi connectivity index (χ3n) is 3.96.